The van der Waals surface area contributed by atoms with Gasteiger partial charge >= 0.3 is 0 Å². The summed E-state index contributed by atoms with van der Waals surface area (Å²) < 4.78 is 0. The van der Waals surface area contributed by atoms with Crippen LogP contribution in [-0.2, 0) is 4.79 Å². The number of nitrogens with one attached hydrogen (secondary N) is 1. The molecule has 1 atom stereocenters. The second-order valence-corrected chi connectivity index (χ2v) is 6.01. The van der Waals surface area contributed by atoms with Crippen LogP contribution >= 0.6 is 0 Å². The van der Waals surface area contributed by atoms with Gasteiger partial charge in [-0.15, -0.1) is 0 Å². The van der Waals surface area contributed by atoms with Crippen LogP contribution in [-0.4, -0.2) is 42.1 Å². The van der Waals surface area contributed by atoms with E-state index in [2.05, 4.69) is 31.0 Å². The van der Waals surface area contributed by atoms with Crippen molar-refractivity contribution in [2.24, 2.45) is 0 Å². The quantitative estimate of drug-likeness (QED) is 0.750. The van der Waals surface area contributed by atoms with Crippen molar-refractivity contribution in [3.05, 3.63) is 41.5 Å². The van der Waals surface area contributed by atoms with Crippen molar-refractivity contribution in [1.29, 1.82) is 0 Å². The molecule has 124 valence electrons. The molecule has 0 saturated heterocycles. The van der Waals surface area contributed by atoms with Gasteiger partial charge in [0.15, 0.2) is 0 Å². The first-order chi connectivity index (χ1) is 11.1. The number of carbonyl (C=O) groups is 2. The molecule has 0 spiro atoms. The molecule has 0 bridgehead atoms. The summed E-state index contributed by atoms with van der Waals surface area (Å²) >= 11 is 0. The minimum absolute atomic E-state index is 0.255. The van der Waals surface area contributed by atoms with Gasteiger partial charge in [-0.3, -0.25) is 9.59 Å². The van der Waals surface area contributed by atoms with Crippen LogP contribution < -0.4 is 5.32 Å². The first-order valence-electron chi connectivity index (χ1n) is 8.45. The van der Waals surface area contributed by atoms with E-state index in [1.54, 1.807) is 12.1 Å². The smallest absolute Gasteiger partial charge is 0.233 e. The molecule has 4 nitrogen and oxygen atoms in total. The number of Topliss-reactive ketones (excluding diaryl/α,β-unsaturated/α-hetero) is 1. The van der Waals surface area contributed by atoms with Crippen LogP contribution in [0.3, 0.4) is 0 Å². The van der Waals surface area contributed by atoms with Crippen molar-refractivity contribution < 1.29 is 9.59 Å². The van der Waals surface area contributed by atoms with Crippen molar-refractivity contribution in [2.45, 2.75) is 39.7 Å². The molecule has 4 heteroatoms. The van der Waals surface area contributed by atoms with Crippen molar-refractivity contribution in [1.82, 2.24) is 10.2 Å². The first kappa shape index (κ1) is 17.4. The van der Waals surface area contributed by atoms with E-state index in [-0.39, 0.29) is 6.04 Å². The van der Waals surface area contributed by atoms with Crippen LogP contribution in [0, 0.1) is 0 Å². The third-order valence-corrected chi connectivity index (χ3v) is 4.37. The lowest BCUT2D eigenvalue weighted by Gasteiger charge is -2.23. The number of carbonyl (C=O) groups excluding carboxylic acids is 2. The molecule has 0 aliphatic heterocycles. The van der Waals surface area contributed by atoms with Gasteiger partial charge in [-0.1, -0.05) is 38.1 Å². The average Bonchev–Trinajstić information content (AvgIpc) is 2.56. The third kappa shape index (κ3) is 4.29. The number of ketones is 2. The van der Waals surface area contributed by atoms with Crippen LogP contribution in [0.15, 0.2) is 30.3 Å². The van der Waals surface area contributed by atoms with Crippen LogP contribution in [0.5, 0.6) is 0 Å². The molecule has 1 aromatic carbocycles. The Labute approximate surface area is 138 Å². The Bertz CT molecular complexity index is 603. The fourth-order valence-electron chi connectivity index (χ4n) is 2.94. The van der Waals surface area contributed by atoms with Gasteiger partial charge in [0, 0.05) is 28.9 Å². The van der Waals surface area contributed by atoms with E-state index in [1.807, 2.05) is 12.1 Å². The Morgan fingerprint density at radius 3 is 2.39 bits per heavy atom. The highest BCUT2D eigenvalue weighted by Gasteiger charge is 2.25. The maximum absolute atomic E-state index is 11.9. The monoisotopic (exact) mass is 314 g/mol. The summed E-state index contributed by atoms with van der Waals surface area (Å²) in [5.41, 5.74) is 2.09. The molecule has 0 fully saturated rings. The zero-order chi connectivity index (χ0) is 16.8. The molecule has 1 aliphatic carbocycles. The van der Waals surface area contributed by atoms with Crippen LogP contribution in [0.2, 0.25) is 0 Å². The Hall–Kier alpha value is -1.94. The van der Waals surface area contributed by atoms with Gasteiger partial charge in [0.2, 0.25) is 11.6 Å². The minimum atomic E-state index is -0.443. The summed E-state index contributed by atoms with van der Waals surface area (Å²) in [4.78, 5) is 26.2. The lowest BCUT2D eigenvalue weighted by atomic mass is 9.92. The van der Waals surface area contributed by atoms with E-state index in [4.69, 9.17) is 0 Å². The zero-order valence-corrected chi connectivity index (χ0v) is 14.3. The van der Waals surface area contributed by atoms with Crippen molar-refractivity contribution in [3.8, 4) is 0 Å². The highest BCUT2D eigenvalue weighted by molar-refractivity contribution is 6.50. The summed E-state index contributed by atoms with van der Waals surface area (Å²) in [5, 5.41) is 3.41. The first-order valence-corrected chi connectivity index (χ1v) is 8.45. The van der Waals surface area contributed by atoms with E-state index < -0.39 is 11.6 Å². The maximum Gasteiger partial charge on any atom is 0.233 e. The van der Waals surface area contributed by atoms with Gasteiger partial charge in [-0.25, -0.2) is 0 Å². The summed E-state index contributed by atoms with van der Waals surface area (Å²) in [7, 11) is 0. The van der Waals surface area contributed by atoms with Gasteiger partial charge in [0.05, 0.1) is 0 Å². The molecule has 0 heterocycles. The fraction of sp³-hybridized carbons (Fsp3) is 0.474. The molecular weight excluding hydrogens is 288 g/mol. The number of hydrogen-bond acceptors (Lipinski definition) is 4. The van der Waals surface area contributed by atoms with E-state index in [1.165, 1.54) is 6.08 Å². The highest BCUT2D eigenvalue weighted by atomic mass is 16.2. The second-order valence-electron chi connectivity index (χ2n) is 6.01. The topological polar surface area (TPSA) is 49.4 Å². The molecule has 0 amide bonds. The maximum atomic E-state index is 11.9. The van der Waals surface area contributed by atoms with Crippen LogP contribution in [0.25, 0.3) is 5.70 Å². The third-order valence-electron chi connectivity index (χ3n) is 4.37. The van der Waals surface area contributed by atoms with Crippen LogP contribution in [0.1, 0.15) is 49.5 Å². The molecule has 0 aromatic heterocycles. The number of fused-ring (bicyclic) bond motifs is 1. The zero-order valence-electron chi connectivity index (χ0n) is 14.3. The molecule has 1 aliphatic rings. The lowest BCUT2D eigenvalue weighted by molar-refractivity contribution is -0.111. The number of nitrogens with zero attached hydrogens (tertiary/aromatic N) is 1. The largest absolute Gasteiger partial charge is 0.382 e. The van der Waals surface area contributed by atoms with E-state index in [9.17, 15) is 9.59 Å². The Morgan fingerprint density at radius 2 is 1.74 bits per heavy atom. The molecule has 1 aromatic rings. The Balaban J connectivity index is 1.98. The second kappa shape index (κ2) is 8.06. The van der Waals surface area contributed by atoms with E-state index in [0.717, 1.165) is 43.7 Å². The number of hydrogen-bond donors (Lipinski definition) is 1. The van der Waals surface area contributed by atoms with Gasteiger partial charge in [-0.05, 0) is 39.4 Å². The average molecular weight is 314 g/mol. The molecular formula is C19H26N2O2. The SMILES string of the molecule is CCN(CC)CCC[C@H](C)NC1=CC(=O)C(=O)c2ccccc21. The van der Waals surface area contributed by atoms with Crippen molar-refractivity contribution >= 4 is 17.3 Å². The summed E-state index contributed by atoms with van der Waals surface area (Å²) in [6.07, 6.45) is 3.57. The van der Waals surface area contributed by atoms with Crippen LogP contribution in [0.4, 0.5) is 0 Å². The molecule has 23 heavy (non-hydrogen) atoms. The van der Waals surface area contributed by atoms with E-state index >= 15 is 0 Å². The van der Waals surface area contributed by atoms with Gasteiger partial charge in [0.1, 0.15) is 0 Å². The standard InChI is InChI=1S/C19H26N2O2/c1-4-21(5-2)12-8-9-14(3)20-17-13-18(22)19(23)16-11-7-6-10-15(16)17/h6-7,10-11,13-14,20H,4-5,8-9,12H2,1-3H3/t14-/m0/s1. The Kier molecular flexibility index (Phi) is 6.11. The summed E-state index contributed by atoms with van der Waals surface area (Å²) in [6, 6.07) is 7.55. The number of rotatable bonds is 8. The predicted octanol–water partition coefficient (Wildman–Crippen LogP) is 2.89. The molecule has 0 radical (unpaired) electrons. The van der Waals surface area contributed by atoms with E-state index in [0.29, 0.717) is 5.56 Å². The minimum Gasteiger partial charge on any atom is -0.382 e. The summed E-state index contributed by atoms with van der Waals surface area (Å²) in [6.45, 7) is 9.72. The highest BCUT2D eigenvalue weighted by Crippen LogP contribution is 2.23. The molecule has 2 rings (SSSR count). The molecule has 0 unspecified atom stereocenters. The van der Waals surface area contributed by atoms with Gasteiger partial charge < -0.3 is 10.2 Å². The number of benzene rings is 1. The van der Waals surface area contributed by atoms with Crippen molar-refractivity contribution in [3.63, 3.8) is 0 Å². The van der Waals surface area contributed by atoms with Crippen molar-refractivity contribution in [2.75, 3.05) is 19.6 Å². The lowest BCUT2D eigenvalue weighted by Crippen LogP contribution is -2.31. The van der Waals surface area contributed by atoms with Gasteiger partial charge in [-0.2, -0.15) is 0 Å². The Morgan fingerprint density at radius 1 is 1.09 bits per heavy atom. The normalized spacial score (nSPS) is 15.4. The molecule has 0 saturated carbocycles. The number of allylic oxidation sites excluding steroid dienone is 1. The predicted molar refractivity (Wildman–Crippen MR) is 93.4 cm³/mol. The summed E-state index contributed by atoms with van der Waals surface area (Å²) in [5.74, 6) is -0.859. The van der Waals surface area contributed by atoms with Gasteiger partial charge in [0.25, 0.3) is 0 Å². The molecule has 1 N–H and O–H groups in total. The fourth-order valence-corrected chi connectivity index (χ4v) is 2.94.